The monoisotopic (exact) mass is 326 g/mol. The standard InChI is InChI=1S/C19H22N2OS/c22-19(17-13-23-18-4-2-1-3-16(17)18)21-11-7-15(8-12-21)14-5-9-20-10-6-14/h5-6,9-10,13,15H,1-4,7-8,11-12H2. The molecular formula is C19H22N2OS. The first-order chi connectivity index (χ1) is 11.3. The largest absolute Gasteiger partial charge is 0.339 e. The number of nitrogens with zero attached hydrogens (tertiary/aromatic N) is 2. The summed E-state index contributed by atoms with van der Waals surface area (Å²) in [5.74, 6) is 0.830. The molecule has 0 spiro atoms. The zero-order chi connectivity index (χ0) is 15.6. The highest BCUT2D eigenvalue weighted by Crippen LogP contribution is 2.33. The molecule has 4 heteroatoms. The molecule has 2 aromatic heterocycles. The van der Waals surface area contributed by atoms with Gasteiger partial charge >= 0.3 is 0 Å². The molecule has 23 heavy (non-hydrogen) atoms. The normalized spacial score (nSPS) is 18.7. The molecule has 0 N–H and O–H groups in total. The van der Waals surface area contributed by atoms with Crippen molar-refractivity contribution in [2.75, 3.05) is 13.1 Å². The van der Waals surface area contributed by atoms with Crippen LogP contribution in [0.25, 0.3) is 0 Å². The van der Waals surface area contributed by atoms with Gasteiger partial charge in [0.15, 0.2) is 0 Å². The van der Waals surface area contributed by atoms with Gasteiger partial charge in [0.25, 0.3) is 5.91 Å². The molecule has 0 aromatic carbocycles. The number of fused-ring (bicyclic) bond motifs is 1. The van der Waals surface area contributed by atoms with E-state index in [-0.39, 0.29) is 5.91 Å². The molecule has 1 fully saturated rings. The van der Waals surface area contributed by atoms with Crippen LogP contribution in [0.4, 0.5) is 0 Å². The molecule has 1 amide bonds. The smallest absolute Gasteiger partial charge is 0.254 e. The number of rotatable bonds is 2. The maximum absolute atomic E-state index is 12.9. The van der Waals surface area contributed by atoms with E-state index >= 15 is 0 Å². The van der Waals surface area contributed by atoms with Crippen molar-refractivity contribution < 1.29 is 4.79 Å². The Hall–Kier alpha value is -1.68. The number of thiophene rings is 1. The molecule has 0 radical (unpaired) electrons. The van der Waals surface area contributed by atoms with Crippen molar-refractivity contribution in [2.24, 2.45) is 0 Å². The van der Waals surface area contributed by atoms with E-state index in [0.29, 0.717) is 5.92 Å². The second kappa shape index (κ2) is 6.44. The number of piperidine rings is 1. The molecule has 2 aromatic rings. The summed E-state index contributed by atoms with van der Waals surface area (Å²) in [6, 6.07) is 4.22. The van der Waals surface area contributed by atoms with Gasteiger partial charge in [0.2, 0.25) is 0 Å². The number of likely N-dealkylation sites (tertiary alicyclic amines) is 1. The summed E-state index contributed by atoms with van der Waals surface area (Å²) in [6.07, 6.45) is 10.6. The highest BCUT2D eigenvalue weighted by molar-refractivity contribution is 7.10. The number of aromatic nitrogens is 1. The van der Waals surface area contributed by atoms with Crippen molar-refractivity contribution in [1.82, 2.24) is 9.88 Å². The Morgan fingerprint density at radius 2 is 1.87 bits per heavy atom. The molecule has 3 nitrogen and oxygen atoms in total. The van der Waals surface area contributed by atoms with Crippen LogP contribution in [0.2, 0.25) is 0 Å². The number of aryl methyl sites for hydroxylation is 1. The predicted molar refractivity (Wildman–Crippen MR) is 93.1 cm³/mol. The van der Waals surface area contributed by atoms with Crippen LogP contribution in [0.1, 0.15) is 58.0 Å². The quantitative estimate of drug-likeness (QED) is 0.834. The first-order valence-electron chi connectivity index (χ1n) is 8.61. The first kappa shape index (κ1) is 14.9. The van der Waals surface area contributed by atoms with E-state index in [9.17, 15) is 4.79 Å². The van der Waals surface area contributed by atoms with E-state index in [2.05, 4.69) is 27.4 Å². The van der Waals surface area contributed by atoms with Crippen LogP contribution in [0.5, 0.6) is 0 Å². The van der Waals surface area contributed by atoms with Crippen LogP contribution in [0.3, 0.4) is 0 Å². The van der Waals surface area contributed by atoms with E-state index in [1.54, 1.807) is 11.3 Å². The third-order valence-corrected chi connectivity index (χ3v) is 6.34. The van der Waals surface area contributed by atoms with Crippen molar-refractivity contribution in [3.05, 3.63) is 51.5 Å². The van der Waals surface area contributed by atoms with Crippen LogP contribution in [-0.4, -0.2) is 28.9 Å². The third kappa shape index (κ3) is 2.92. The van der Waals surface area contributed by atoms with Gasteiger partial charge in [-0.25, -0.2) is 0 Å². The predicted octanol–water partition coefficient (Wildman–Crippen LogP) is 4.04. The molecule has 120 valence electrons. The van der Waals surface area contributed by atoms with E-state index in [4.69, 9.17) is 0 Å². The number of carbonyl (C=O) groups excluding carboxylic acids is 1. The van der Waals surface area contributed by atoms with E-state index in [1.807, 2.05) is 12.4 Å². The fraction of sp³-hybridized carbons (Fsp3) is 0.474. The molecule has 2 aliphatic rings. The van der Waals surface area contributed by atoms with Gasteiger partial charge in [0.1, 0.15) is 0 Å². The Morgan fingerprint density at radius 1 is 1.13 bits per heavy atom. The minimum Gasteiger partial charge on any atom is -0.339 e. The lowest BCUT2D eigenvalue weighted by molar-refractivity contribution is 0.0712. The second-order valence-electron chi connectivity index (χ2n) is 6.61. The number of hydrogen-bond acceptors (Lipinski definition) is 3. The van der Waals surface area contributed by atoms with Crippen molar-refractivity contribution in [3.8, 4) is 0 Å². The summed E-state index contributed by atoms with van der Waals surface area (Å²) in [5.41, 5.74) is 3.70. The summed E-state index contributed by atoms with van der Waals surface area (Å²) in [5, 5.41) is 2.10. The maximum atomic E-state index is 12.9. The molecule has 0 bridgehead atoms. The van der Waals surface area contributed by atoms with Gasteiger partial charge < -0.3 is 4.90 Å². The summed E-state index contributed by atoms with van der Waals surface area (Å²) in [4.78, 5) is 20.5. The van der Waals surface area contributed by atoms with Crippen LogP contribution in [-0.2, 0) is 12.8 Å². The Balaban J connectivity index is 1.44. The van der Waals surface area contributed by atoms with Crippen molar-refractivity contribution >= 4 is 17.2 Å². The summed E-state index contributed by atoms with van der Waals surface area (Å²) >= 11 is 1.79. The minimum atomic E-state index is 0.262. The van der Waals surface area contributed by atoms with Gasteiger partial charge in [-0.15, -0.1) is 11.3 Å². The van der Waals surface area contributed by atoms with Gasteiger partial charge in [0, 0.05) is 35.7 Å². The molecule has 1 saturated heterocycles. The van der Waals surface area contributed by atoms with Gasteiger partial charge in [-0.2, -0.15) is 0 Å². The Kier molecular flexibility index (Phi) is 4.17. The average molecular weight is 326 g/mol. The van der Waals surface area contributed by atoms with Gasteiger partial charge in [0.05, 0.1) is 5.56 Å². The number of amides is 1. The first-order valence-corrected chi connectivity index (χ1v) is 9.49. The highest BCUT2D eigenvalue weighted by Gasteiger charge is 2.27. The SMILES string of the molecule is O=C(c1csc2c1CCCC2)N1CCC(c2ccncc2)CC1. The zero-order valence-electron chi connectivity index (χ0n) is 13.3. The van der Waals surface area contributed by atoms with Crippen LogP contribution >= 0.6 is 11.3 Å². The van der Waals surface area contributed by atoms with E-state index < -0.39 is 0 Å². The lowest BCUT2D eigenvalue weighted by Gasteiger charge is -2.32. The van der Waals surface area contributed by atoms with Crippen LogP contribution in [0, 0.1) is 0 Å². The van der Waals surface area contributed by atoms with Crippen molar-refractivity contribution in [2.45, 2.75) is 44.4 Å². The number of pyridine rings is 1. The van der Waals surface area contributed by atoms with Gasteiger partial charge in [-0.05, 0) is 67.7 Å². The van der Waals surface area contributed by atoms with Crippen molar-refractivity contribution in [1.29, 1.82) is 0 Å². The third-order valence-electron chi connectivity index (χ3n) is 5.25. The van der Waals surface area contributed by atoms with Gasteiger partial charge in [-0.3, -0.25) is 9.78 Å². The molecular weight excluding hydrogens is 304 g/mol. The number of carbonyl (C=O) groups is 1. The van der Waals surface area contributed by atoms with Crippen LogP contribution in [0.15, 0.2) is 29.9 Å². The number of hydrogen-bond donors (Lipinski definition) is 0. The molecule has 0 atom stereocenters. The van der Waals surface area contributed by atoms with Gasteiger partial charge in [-0.1, -0.05) is 0 Å². The average Bonchev–Trinajstić information content (AvgIpc) is 3.06. The summed E-state index contributed by atoms with van der Waals surface area (Å²) < 4.78 is 0. The molecule has 0 unspecified atom stereocenters. The Labute approximate surface area is 141 Å². The maximum Gasteiger partial charge on any atom is 0.254 e. The topological polar surface area (TPSA) is 33.2 Å². The second-order valence-corrected chi connectivity index (χ2v) is 7.57. The summed E-state index contributed by atoms with van der Waals surface area (Å²) in [7, 11) is 0. The molecule has 4 rings (SSSR count). The molecule has 1 aliphatic carbocycles. The van der Waals surface area contributed by atoms with Crippen LogP contribution < -0.4 is 0 Å². The Morgan fingerprint density at radius 3 is 2.65 bits per heavy atom. The molecule has 0 saturated carbocycles. The summed E-state index contributed by atoms with van der Waals surface area (Å²) in [6.45, 7) is 1.74. The lowest BCUT2D eigenvalue weighted by atomic mass is 9.89. The Bertz CT molecular complexity index is 687. The van der Waals surface area contributed by atoms with E-state index in [1.165, 1.54) is 28.8 Å². The fourth-order valence-corrected chi connectivity index (χ4v) is 5.01. The highest BCUT2D eigenvalue weighted by atomic mass is 32.1. The lowest BCUT2D eigenvalue weighted by Crippen LogP contribution is -2.38. The molecule has 3 heterocycles. The fourth-order valence-electron chi connectivity index (χ4n) is 3.90. The molecule has 1 aliphatic heterocycles. The minimum absolute atomic E-state index is 0.262. The van der Waals surface area contributed by atoms with E-state index in [0.717, 1.165) is 44.3 Å². The zero-order valence-corrected chi connectivity index (χ0v) is 14.1. The van der Waals surface area contributed by atoms with Crippen molar-refractivity contribution in [3.63, 3.8) is 0 Å².